The predicted octanol–water partition coefficient (Wildman–Crippen LogP) is -6.12. The van der Waals surface area contributed by atoms with Gasteiger partial charge in [-0.3, -0.25) is 13.7 Å². The van der Waals surface area contributed by atoms with Crippen LogP contribution in [0.25, 0.3) is 24.3 Å². The van der Waals surface area contributed by atoms with E-state index in [2.05, 4.69) is 20.4 Å². The summed E-state index contributed by atoms with van der Waals surface area (Å²) in [6.45, 7) is 0. The normalized spacial score (nSPS) is 13.5. The molecule has 3 N–H and O–H groups in total. The molecule has 0 amide bonds. The van der Waals surface area contributed by atoms with Crippen LogP contribution in [0.3, 0.4) is 0 Å². The second-order valence-corrected chi connectivity index (χ2v) is 15.4. The van der Waals surface area contributed by atoms with Crippen LogP contribution in [0.15, 0.2) is 113 Å². The molecule has 8 bridgehead atoms. The Balaban J connectivity index is 0.00000541. The third kappa shape index (κ3) is 9.26. The minimum Gasteiger partial charge on any atom is -0.744 e. The first-order chi connectivity index (χ1) is 22.3. The summed E-state index contributed by atoms with van der Waals surface area (Å²) in [5.74, 6) is 0. The zero-order valence-electron chi connectivity index (χ0n) is 24.7. The Morgan fingerprint density at radius 3 is 0.857 bits per heavy atom. The first kappa shape index (κ1) is 38.0. The summed E-state index contributed by atoms with van der Waals surface area (Å²) >= 11 is 0. The van der Waals surface area contributed by atoms with Gasteiger partial charge in [-0.1, -0.05) is 48.6 Å². The fourth-order valence-corrected chi connectivity index (χ4v) is 7.17. The summed E-state index contributed by atoms with van der Waals surface area (Å²) in [5.41, 5.74) is 0. The molecule has 248 valence electrons. The van der Waals surface area contributed by atoms with E-state index in [0.717, 1.165) is 48.6 Å². The maximum atomic E-state index is 12.2. The van der Waals surface area contributed by atoms with Crippen molar-refractivity contribution in [3.8, 4) is 0 Å². The van der Waals surface area contributed by atoms with Crippen molar-refractivity contribution in [2.24, 2.45) is 20.4 Å². The minimum absolute atomic E-state index is 0. The maximum absolute atomic E-state index is 12.2. The van der Waals surface area contributed by atoms with Gasteiger partial charge in [-0.2, -0.15) is 45.7 Å². The van der Waals surface area contributed by atoms with Gasteiger partial charge in [0, 0.05) is 0 Å². The van der Waals surface area contributed by atoms with Gasteiger partial charge in [-0.15, -0.1) is 0 Å². The smallest absolute Gasteiger partial charge is 0.744 e. The van der Waals surface area contributed by atoms with Gasteiger partial charge >= 0.3 is 29.6 Å². The molecule has 0 radical (unpaired) electrons. The van der Waals surface area contributed by atoms with E-state index in [0.29, 0.717) is 0 Å². The van der Waals surface area contributed by atoms with E-state index in [1.54, 1.807) is 0 Å². The fraction of sp³-hybridized carbons (Fsp3) is 0. The minimum atomic E-state index is -5.14. The van der Waals surface area contributed by atoms with Crippen molar-refractivity contribution in [3.05, 3.63) is 115 Å². The summed E-state index contributed by atoms with van der Waals surface area (Å²) in [5, 5.41) is 14.3. The molecule has 14 rings (SSSR count). The average molecular weight is 755 g/mol. The molecule has 10 aliphatic heterocycles. The van der Waals surface area contributed by atoms with Crippen molar-refractivity contribution in [2.45, 2.75) is 19.6 Å². The Hall–Kier alpha value is -3.80. The SMILES string of the molecule is O=S(=O)([O-])c1cc2ccc1=CC=c1ccc(cc1S(=O)(=O)O)=NN=c1ccc(c(S(=O)(=O)O)c1)=CC=c1ccc(cc1S(=O)(=O)O)=NN=2.[Na+]. The number of benzene rings is 4. The molecule has 0 atom stereocenters. The molecule has 0 spiro atoms. The maximum Gasteiger partial charge on any atom is 1.00 e. The van der Waals surface area contributed by atoms with Crippen LogP contribution in [-0.4, -0.2) is 51.9 Å². The molecule has 16 nitrogen and oxygen atoms in total. The molecule has 0 aromatic heterocycles. The van der Waals surface area contributed by atoms with Crippen LogP contribution in [-0.2, 0) is 40.5 Å². The Kier molecular flexibility index (Phi) is 11.0. The largest absolute Gasteiger partial charge is 1.00 e. The molecular formula is C28H19N4NaO12S4. The van der Waals surface area contributed by atoms with Gasteiger partial charge in [0.25, 0.3) is 30.4 Å². The van der Waals surface area contributed by atoms with Gasteiger partial charge < -0.3 is 4.55 Å². The third-order valence-corrected chi connectivity index (χ3v) is 10.2. The van der Waals surface area contributed by atoms with Crippen LogP contribution >= 0.6 is 0 Å². The molecule has 10 aliphatic rings. The topological polar surface area (TPSA) is 270 Å². The van der Waals surface area contributed by atoms with Crippen molar-refractivity contribution < 1.29 is 81.4 Å². The second-order valence-electron chi connectivity index (χ2n) is 9.83. The van der Waals surface area contributed by atoms with E-state index in [1.807, 2.05) is 0 Å². The summed E-state index contributed by atoms with van der Waals surface area (Å²) in [6, 6.07) is 13.5. The van der Waals surface area contributed by atoms with Gasteiger partial charge in [-0.25, -0.2) is 8.42 Å². The van der Waals surface area contributed by atoms with Crippen molar-refractivity contribution in [1.29, 1.82) is 0 Å². The van der Waals surface area contributed by atoms with E-state index in [-0.39, 0.29) is 71.9 Å². The second kappa shape index (κ2) is 14.2. The van der Waals surface area contributed by atoms with Gasteiger partial charge in [0.2, 0.25) is 0 Å². The third-order valence-electron chi connectivity index (χ3n) is 6.54. The summed E-state index contributed by atoms with van der Waals surface area (Å²) in [7, 11) is -19.8. The number of rotatable bonds is 4. The van der Waals surface area contributed by atoms with E-state index >= 15 is 0 Å². The summed E-state index contributed by atoms with van der Waals surface area (Å²) in [4.78, 5) is -2.76. The van der Waals surface area contributed by atoms with E-state index < -0.39 is 60.1 Å². The quantitative estimate of drug-likeness (QED) is 0.130. The Labute approximate surface area is 299 Å². The van der Waals surface area contributed by atoms with Gasteiger partial charge in [0.05, 0.1) is 26.3 Å². The number of hydrogen-bond acceptors (Lipinski definition) is 13. The van der Waals surface area contributed by atoms with Crippen LogP contribution in [0, 0.1) is 0 Å². The molecule has 10 heterocycles. The fourth-order valence-electron chi connectivity index (χ4n) is 4.37. The molecular weight excluding hydrogens is 736 g/mol. The zero-order chi connectivity index (χ0) is 35.1. The van der Waals surface area contributed by atoms with Crippen LogP contribution in [0.5, 0.6) is 0 Å². The first-order valence-electron chi connectivity index (χ1n) is 12.9. The molecule has 0 saturated carbocycles. The van der Waals surface area contributed by atoms with Crippen LogP contribution in [0.4, 0.5) is 0 Å². The van der Waals surface area contributed by atoms with Crippen molar-refractivity contribution in [2.75, 3.05) is 0 Å². The summed E-state index contributed by atoms with van der Waals surface area (Å²) < 4.78 is 139. The Bertz CT molecular complexity index is 2600. The molecule has 21 heteroatoms. The number of nitrogens with zero attached hydrogens (tertiary/aromatic N) is 4. The van der Waals surface area contributed by atoms with E-state index in [9.17, 15) is 51.9 Å². The predicted molar refractivity (Wildman–Crippen MR) is 164 cm³/mol. The van der Waals surface area contributed by atoms with E-state index in [4.69, 9.17) is 0 Å². The average Bonchev–Trinajstić information content (AvgIpc) is 2.99. The van der Waals surface area contributed by atoms with Crippen LogP contribution in [0.1, 0.15) is 0 Å². The molecule has 4 aromatic rings. The van der Waals surface area contributed by atoms with Gasteiger partial charge in [0.15, 0.2) is 0 Å². The van der Waals surface area contributed by atoms with Crippen LogP contribution in [0.2, 0.25) is 0 Å². The van der Waals surface area contributed by atoms with Crippen molar-refractivity contribution >= 4 is 64.8 Å². The van der Waals surface area contributed by atoms with E-state index in [1.165, 1.54) is 48.5 Å². The Morgan fingerprint density at radius 1 is 0.408 bits per heavy atom. The first-order valence-corrected chi connectivity index (χ1v) is 18.7. The molecule has 4 aromatic carbocycles. The zero-order valence-corrected chi connectivity index (χ0v) is 29.9. The van der Waals surface area contributed by atoms with Gasteiger partial charge in [-0.05, 0) is 69.4 Å². The number of hydrogen-bond donors (Lipinski definition) is 3. The van der Waals surface area contributed by atoms with Crippen molar-refractivity contribution in [1.82, 2.24) is 0 Å². The van der Waals surface area contributed by atoms with Gasteiger partial charge in [0.1, 0.15) is 24.8 Å². The molecule has 0 aliphatic carbocycles. The van der Waals surface area contributed by atoms with Crippen LogP contribution < -0.4 is 71.9 Å². The monoisotopic (exact) mass is 754 g/mol. The molecule has 0 unspecified atom stereocenters. The van der Waals surface area contributed by atoms with Crippen molar-refractivity contribution in [3.63, 3.8) is 0 Å². The molecule has 0 saturated heterocycles. The summed E-state index contributed by atoms with van der Waals surface area (Å²) in [6.07, 6.45) is 4.46. The molecule has 0 fully saturated rings. The Morgan fingerprint density at radius 2 is 0.633 bits per heavy atom. The molecule has 49 heavy (non-hydrogen) atoms. The standard InChI is InChI=1S/C28H20N4O12S4.Na/c33-45(34,35)25-13-21-9-5-17(25)1-2-18-6-10-22(14-26(18)46(36,37)38)30-32-24-12-8-20(28(16-24)48(42,43)44)4-3-19-7-11-23(31-29-21)15-27(19)47(39,40)41;/h1-16H,(H,33,34,35)(H,36,37,38)(H,39,40,41)(H,42,43,44);/q;+1/p-1.